The fourth-order valence-electron chi connectivity index (χ4n) is 5.29. The Bertz CT molecular complexity index is 711. The second-order valence-corrected chi connectivity index (χ2v) is 18.9. The highest BCUT2D eigenvalue weighted by Crippen LogP contribution is 2.50. The lowest BCUT2D eigenvalue weighted by Gasteiger charge is -2.43. The van der Waals surface area contributed by atoms with E-state index in [1.807, 2.05) is 0 Å². The predicted octanol–water partition coefficient (Wildman–Crippen LogP) is 8.79. The summed E-state index contributed by atoms with van der Waals surface area (Å²) in [5.41, 5.74) is 6.88. The minimum atomic E-state index is -1.41. The van der Waals surface area contributed by atoms with Gasteiger partial charge in [-0.3, -0.25) is 0 Å². The van der Waals surface area contributed by atoms with Crippen molar-refractivity contribution in [3.05, 3.63) is 71.3 Å². The first-order chi connectivity index (χ1) is 13.6. The van der Waals surface area contributed by atoms with Crippen LogP contribution in [0.4, 0.5) is 0 Å². The van der Waals surface area contributed by atoms with Gasteiger partial charge in [-0.05, 0) is 58.7 Å². The van der Waals surface area contributed by atoms with Crippen LogP contribution in [0.25, 0.3) is 0 Å². The lowest BCUT2D eigenvalue weighted by Crippen LogP contribution is -2.42. The number of aryl methyl sites for hydroxylation is 1. The first kappa shape index (κ1) is 24.3. The van der Waals surface area contributed by atoms with Gasteiger partial charge in [-0.15, -0.1) is 0 Å². The zero-order valence-electron chi connectivity index (χ0n) is 20.0. The normalized spacial score (nSPS) is 14.6. The van der Waals surface area contributed by atoms with Gasteiger partial charge in [-0.25, -0.2) is 0 Å². The molecule has 0 aromatic heterocycles. The van der Waals surface area contributed by atoms with Crippen LogP contribution in [0, 0.1) is 6.92 Å². The average molecular weight is 427 g/mol. The van der Waals surface area contributed by atoms with Crippen LogP contribution < -0.4 is 0 Å². The number of rotatable bonds is 10. The molecule has 0 aliphatic heterocycles. The number of hydrogen-bond acceptors (Lipinski definition) is 1. The van der Waals surface area contributed by atoms with Gasteiger partial charge in [0.1, 0.15) is 7.22 Å². The molecule has 2 aromatic rings. The molecule has 0 heterocycles. The molecule has 1 atom stereocenters. The van der Waals surface area contributed by atoms with Crippen molar-refractivity contribution in [1.29, 1.82) is 0 Å². The van der Waals surface area contributed by atoms with Crippen LogP contribution in [0.1, 0.15) is 71.6 Å². The molecule has 0 nitrogen and oxygen atoms in total. The van der Waals surface area contributed by atoms with Crippen molar-refractivity contribution in [2.75, 3.05) is 5.75 Å². The monoisotopic (exact) mass is 426 g/mol. The lowest BCUT2D eigenvalue weighted by molar-refractivity contribution is 0.456. The molecule has 0 aliphatic rings. The molecule has 0 amide bonds. The smallest absolute Gasteiger partial charge is 0.124 e. The quantitative estimate of drug-likeness (QED) is 0.342. The summed E-state index contributed by atoms with van der Waals surface area (Å²) in [6.45, 7) is 19.5. The Hall–Kier alpha value is -0.993. The third-order valence-electron chi connectivity index (χ3n) is 6.90. The maximum atomic E-state index is 2.48. The Balaban J connectivity index is 2.27. The second kappa shape index (κ2) is 10.4. The van der Waals surface area contributed by atoms with Crippen molar-refractivity contribution in [3.63, 3.8) is 0 Å². The van der Waals surface area contributed by atoms with E-state index in [0.717, 1.165) is 23.0 Å². The van der Waals surface area contributed by atoms with Gasteiger partial charge in [0.05, 0.1) is 0 Å². The fraction of sp³-hybridized carbons (Fsp3) is 0.556. The summed E-state index contributed by atoms with van der Waals surface area (Å²) >= 11 is 2.37. The molecule has 0 bridgehead atoms. The van der Waals surface area contributed by atoms with Crippen LogP contribution in [-0.2, 0) is 11.8 Å². The van der Waals surface area contributed by atoms with E-state index in [4.69, 9.17) is 0 Å². The van der Waals surface area contributed by atoms with Gasteiger partial charge >= 0.3 is 0 Å². The Kier molecular flexibility index (Phi) is 8.67. The Labute approximate surface area is 185 Å². The third-order valence-corrected chi connectivity index (χ3v) is 19.6. The lowest BCUT2D eigenvalue weighted by atomic mass is 9.75. The van der Waals surface area contributed by atoms with Crippen molar-refractivity contribution >= 4 is 18.4 Å². The number of benzene rings is 2. The molecular formula is C27H42SSi. The highest BCUT2D eigenvalue weighted by molar-refractivity contribution is 8.29. The summed E-state index contributed by atoms with van der Waals surface area (Å²) in [4.78, 5) is 0. The molecule has 0 saturated heterocycles. The number of hydrogen-bond donors (Lipinski definition) is 0. The zero-order chi connectivity index (χ0) is 21.7. The van der Waals surface area contributed by atoms with E-state index in [1.165, 1.54) is 28.9 Å². The summed E-state index contributed by atoms with van der Waals surface area (Å²) in [5, 5.41) is 0. The molecule has 2 aromatic carbocycles. The van der Waals surface area contributed by atoms with Crippen LogP contribution in [0.3, 0.4) is 0 Å². The van der Waals surface area contributed by atoms with Crippen molar-refractivity contribution in [1.82, 2.24) is 0 Å². The minimum Gasteiger partial charge on any atom is -0.184 e. The van der Waals surface area contributed by atoms with E-state index in [0.29, 0.717) is 0 Å². The van der Waals surface area contributed by atoms with Crippen LogP contribution >= 0.6 is 11.2 Å². The molecule has 2 rings (SSSR count). The Morgan fingerprint density at radius 3 is 1.79 bits per heavy atom. The molecule has 0 radical (unpaired) electrons. The maximum absolute atomic E-state index is 2.48. The maximum Gasteiger partial charge on any atom is 0.124 e. The molecule has 0 saturated carbocycles. The molecule has 0 fully saturated rings. The van der Waals surface area contributed by atoms with E-state index in [-0.39, 0.29) is 5.41 Å². The van der Waals surface area contributed by atoms with Crippen molar-refractivity contribution < 1.29 is 0 Å². The third kappa shape index (κ3) is 5.79. The Morgan fingerprint density at radius 2 is 1.31 bits per heavy atom. The van der Waals surface area contributed by atoms with E-state index < -0.39 is 7.22 Å². The molecule has 29 heavy (non-hydrogen) atoms. The average Bonchev–Trinajstić information content (AvgIpc) is 2.65. The van der Waals surface area contributed by atoms with E-state index in [1.54, 1.807) is 0 Å². The second-order valence-electron chi connectivity index (χ2n) is 10.0. The first-order valence-corrected chi connectivity index (χ1v) is 15.3. The highest BCUT2D eigenvalue weighted by atomic mass is 32.4. The van der Waals surface area contributed by atoms with Crippen LogP contribution in [0.15, 0.2) is 54.6 Å². The summed E-state index contributed by atoms with van der Waals surface area (Å²) in [6.07, 6.45) is 2.34. The minimum absolute atomic E-state index is 0.174. The fourth-order valence-corrected chi connectivity index (χ4v) is 15.6. The van der Waals surface area contributed by atoms with Gasteiger partial charge in [-0.2, -0.15) is 11.2 Å². The van der Waals surface area contributed by atoms with Crippen LogP contribution in [-0.4, -0.2) is 13.0 Å². The van der Waals surface area contributed by atoms with Gasteiger partial charge in [0.2, 0.25) is 0 Å². The van der Waals surface area contributed by atoms with Crippen molar-refractivity contribution in [2.24, 2.45) is 0 Å². The molecule has 0 aliphatic carbocycles. The van der Waals surface area contributed by atoms with Gasteiger partial charge in [0.15, 0.2) is 0 Å². The molecule has 0 N–H and O–H groups in total. The molecular weight excluding hydrogens is 384 g/mol. The van der Waals surface area contributed by atoms with Crippen molar-refractivity contribution in [2.45, 2.75) is 90.3 Å². The van der Waals surface area contributed by atoms with Gasteiger partial charge in [0.25, 0.3) is 0 Å². The SMILES string of the molecule is Cc1ccc(C(C)(CCS[Si](C(C)C)(C(C)C)C(C)C)Cc2ccccc2)cc1. The zero-order valence-corrected chi connectivity index (χ0v) is 21.8. The highest BCUT2D eigenvalue weighted by Gasteiger charge is 2.43. The van der Waals surface area contributed by atoms with E-state index >= 15 is 0 Å². The summed E-state index contributed by atoms with van der Waals surface area (Å²) in [7, 11) is -1.41. The van der Waals surface area contributed by atoms with Crippen LogP contribution in [0.5, 0.6) is 0 Å². The van der Waals surface area contributed by atoms with Gasteiger partial charge < -0.3 is 0 Å². The molecule has 1 unspecified atom stereocenters. The van der Waals surface area contributed by atoms with Gasteiger partial charge in [-0.1, -0.05) is 109 Å². The molecule has 2 heteroatoms. The van der Waals surface area contributed by atoms with Crippen molar-refractivity contribution in [3.8, 4) is 0 Å². The van der Waals surface area contributed by atoms with E-state index in [9.17, 15) is 0 Å². The van der Waals surface area contributed by atoms with E-state index in [2.05, 4.69) is 121 Å². The summed E-state index contributed by atoms with van der Waals surface area (Å²) < 4.78 is 0. The first-order valence-electron chi connectivity index (χ1n) is 11.4. The van der Waals surface area contributed by atoms with Gasteiger partial charge in [0, 0.05) is 0 Å². The largest absolute Gasteiger partial charge is 0.184 e. The summed E-state index contributed by atoms with van der Waals surface area (Å²) in [5.74, 6) is 1.26. The topological polar surface area (TPSA) is 0 Å². The standard InChI is InChI=1S/C27H42SSi/c1-21(2)29(22(3)4,23(5)6)28-19-18-27(8,20-25-12-10-9-11-13-25)26-16-14-24(7)15-17-26/h9-17,21-23H,18-20H2,1-8H3. The Morgan fingerprint density at radius 1 is 0.793 bits per heavy atom. The molecule has 160 valence electrons. The predicted molar refractivity (Wildman–Crippen MR) is 137 cm³/mol. The summed E-state index contributed by atoms with van der Waals surface area (Å²) in [6, 6.07) is 20.3. The molecule has 0 spiro atoms. The van der Waals surface area contributed by atoms with Crippen LogP contribution in [0.2, 0.25) is 16.6 Å².